The molecule has 0 atom stereocenters. The molecule has 2 aromatic heterocycles. The van der Waals surface area contributed by atoms with E-state index in [1.165, 1.54) is 11.3 Å². The zero-order valence-electron chi connectivity index (χ0n) is 9.39. The third kappa shape index (κ3) is 1.67. The first-order valence-corrected chi connectivity index (χ1v) is 6.05. The molecule has 5 nitrogen and oxygen atoms in total. The van der Waals surface area contributed by atoms with Crippen molar-refractivity contribution in [1.82, 2.24) is 9.97 Å². The average molecular weight is 260 g/mol. The number of fused-ring (bicyclic) bond motifs is 1. The van der Waals surface area contributed by atoms with Crippen molar-refractivity contribution < 1.29 is 9.21 Å². The minimum Gasteiger partial charge on any atom is -0.408 e. The van der Waals surface area contributed by atoms with Crippen molar-refractivity contribution in [1.29, 1.82) is 0 Å². The van der Waals surface area contributed by atoms with Crippen molar-refractivity contribution in [2.45, 2.75) is 6.92 Å². The molecule has 0 amide bonds. The minimum absolute atomic E-state index is 0.481. The Labute approximate surface area is 105 Å². The van der Waals surface area contributed by atoms with E-state index in [4.69, 9.17) is 4.42 Å². The van der Waals surface area contributed by atoms with Crippen molar-refractivity contribution in [2.24, 2.45) is 0 Å². The molecule has 1 N–H and O–H groups in total. The van der Waals surface area contributed by atoms with Gasteiger partial charge in [-0.15, -0.1) is 11.3 Å². The van der Waals surface area contributed by atoms with Crippen LogP contribution in [0.2, 0.25) is 0 Å². The first-order valence-electron chi connectivity index (χ1n) is 5.23. The average Bonchev–Trinajstić information content (AvgIpc) is 2.89. The second kappa shape index (κ2) is 3.92. The molecule has 0 unspecified atom stereocenters. The SMILES string of the molecule is Cc1nc(-c2ccc3[nH]c(=O)oc3c2)sc1C=O. The van der Waals surface area contributed by atoms with Crippen LogP contribution in [0.5, 0.6) is 0 Å². The summed E-state index contributed by atoms with van der Waals surface area (Å²) in [6.45, 7) is 1.79. The Morgan fingerprint density at radius 2 is 2.28 bits per heavy atom. The molecule has 0 aliphatic heterocycles. The van der Waals surface area contributed by atoms with E-state index in [0.29, 0.717) is 21.7 Å². The van der Waals surface area contributed by atoms with Gasteiger partial charge >= 0.3 is 5.76 Å². The molecule has 3 aromatic rings. The van der Waals surface area contributed by atoms with Gasteiger partial charge in [-0.3, -0.25) is 9.78 Å². The number of thiazole rings is 1. The standard InChI is InChI=1S/C12H8N2O3S/c1-6-10(5-15)18-11(13-6)7-2-3-8-9(4-7)17-12(16)14-8/h2-5H,1H3,(H,14,16). The molecule has 0 saturated carbocycles. The van der Waals surface area contributed by atoms with Crippen molar-refractivity contribution in [2.75, 3.05) is 0 Å². The molecule has 0 spiro atoms. The second-order valence-corrected chi connectivity index (χ2v) is 4.84. The number of carbonyl (C=O) groups excluding carboxylic acids is 1. The third-order valence-electron chi connectivity index (χ3n) is 2.61. The number of H-pyrrole nitrogens is 1. The highest BCUT2D eigenvalue weighted by molar-refractivity contribution is 7.16. The molecular formula is C12H8N2O3S. The maximum atomic E-state index is 11.1. The Hall–Kier alpha value is -2.21. The van der Waals surface area contributed by atoms with Crippen LogP contribution in [-0.4, -0.2) is 16.3 Å². The van der Waals surface area contributed by atoms with Crippen molar-refractivity contribution in [3.05, 3.63) is 39.3 Å². The predicted molar refractivity (Wildman–Crippen MR) is 68.1 cm³/mol. The first kappa shape index (κ1) is 10.9. The van der Waals surface area contributed by atoms with E-state index < -0.39 is 5.76 Å². The molecule has 0 bridgehead atoms. The van der Waals surface area contributed by atoms with Gasteiger partial charge < -0.3 is 4.42 Å². The van der Waals surface area contributed by atoms with Crippen LogP contribution in [0.25, 0.3) is 21.7 Å². The van der Waals surface area contributed by atoms with Crippen LogP contribution in [0.4, 0.5) is 0 Å². The topological polar surface area (TPSA) is 76.0 Å². The first-order chi connectivity index (χ1) is 8.67. The van der Waals surface area contributed by atoms with E-state index in [1.807, 2.05) is 6.07 Å². The second-order valence-electron chi connectivity index (χ2n) is 3.81. The Balaban J connectivity index is 2.17. The van der Waals surface area contributed by atoms with Gasteiger partial charge in [0.25, 0.3) is 0 Å². The molecule has 0 radical (unpaired) electrons. The van der Waals surface area contributed by atoms with E-state index in [1.54, 1.807) is 19.1 Å². The zero-order chi connectivity index (χ0) is 12.7. The number of nitrogens with zero attached hydrogens (tertiary/aromatic N) is 1. The highest BCUT2D eigenvalue weighted by Crippen LogP contribution is 2.28. The van der Waals surface area contributed by atoms with E-state index in [-0.39, 0.29) is 0 Å². The van der Waals surface area contributed by atoms with Crippen LogP contribution in [0.15, 0.2) is 27.4 Å². The Morgan fingerprint density at radius 1 is 1.44 bits per heavy atom. The number of hydrogen-bond donors (Lipinski definition) is 1. The molecule has 1 aromatic carbocycles. The Bertz CT molecular complexity index is 797. The molecule has 0 aliphatic rings. The number of rotatable bonds is 2. The Morgan fingerprint density at radius 3 is 3.00 bits per heavy atom. The fourth-order valence-electron chi connectivity index (χ4n) is 1.72. The normalized spacial score (nSPS) is 10.9. The molecule has 3 rings (SSSR count). The van der Waals surface area contributed by atoms with Crippen LogP contribution in [0.3, 0.4) is 0 Å². The largest absolute Gasteiger partial charge is 0.417 e. The smallest absolute Gasteiger partial charge is 0.408 e. The molecule has 6 heteroatoms. The predicted octanol–water partition coefficient (Wildman–Crippen LogP) is 2.37. The number of hydrogen-bond acceptors (Lipinski definition) is 5. The fraction of sp³-hybridized carbons (Fsp3) is 0.0833. The van der Waals surface area contributed by atoms with Gasteiger partial charge in [-0.1, -0.05) is 0 Å². The van der Waals surface area contributed by atoms with Gasteiger partial charge in [0.1, 0.15) is 5.01 Å². The summed E-state index contributed by atoms with van der Waals surface area (Å²) in [5.74, 6) is -0.481. The zero-order valence-corrected chi connectivity index (χ0v) is 10.2. The van der Waals surface area contributed by atoms with E-state index in [9.17, 15) is 9.59 Å². The number of carbonyl (C=O) groups is 1. The van der Waals surface area contributed by atoms with Gasteiger partial charge in [-0.2, -0.15) is 0 Å². The minimum atomic E-state index is -0.481. The molecule has 2 heterocycles. The summed E-state index contributed by atoms with van der Waals surface area (Å²) in [6.07, 6.45) is 0.797. The molecule has 90 valence electrons. The number of aromatic nitrogens is 2. The monoisotopic (exact) mass is 260 g/mol. The summed E-state index contributed by atoms with van der Waals surface area (Å²) in [4.78, 5) is 29.4. The lowest BCUT2D eigenvalue weighted by atomic mass is 10.2. The molecule has 0 aliphatic carbocycles. The third-order valence-corrected chi connectivity index (χ3v) is 3.74. The number of oxazole rings is 1. The van der Waals surface area contributed by atoms with Gasteiger partial charge in [0.2, 0.25) is 0 Å². The lowest BCUT2D eigenvalue weighted by Gasteiger charge is -1.94. The van der Waals surface area contributed by atoms with Crippen LogP contribution in [-0.2, 0) is 0 Å². The van der Waals surface area contributed by atoms with E-state index in [2.05, 4.69) is 9.97 Å². The summed E-state index contributed by atoms with van der Waals surface area (Å²) >= 11 is 1.32. The lowest BCUT2D eigenvalue weighted by molar-refractivity contribution is 0.112. The maximum Gasteiger partial charge on any atom is 0.417 e. The van der Waals surface area contributed by atoms with Crippen molar-refractivity contribution in [3.8, 4) is 10.6 Å². The van der Waals surface area contributed by atoms with Crippen LogP contribution < -0.4 is 5.76 Å². The number of nitrogens with one attached hydrogen (secondary N) is 1. The number of aldehydes is 1. The van der Waals surface area contributed by atoms with Crippen LogP contribution in [0.1, 0.15) is 15.4 Å². The lowest BCUT2D eigenvalue weighted by Crippen LogP contribution is -1.92. The summed E-state index contributed by atoms with van der Waals surface area (Å²) in [5, 5.41) is 0.736. The van der Waals surface area contributed by atoms with Crippen LogP contribution in [0, 0.1) is 6.92 Å². The van der Waals surface area contributed by atoms with Crippen molar-refractivity contribution >= 4 is 28.7 Å². The molecule has 0 saturated heterocycles. The van der Waals surface area contributed by atoms with Gasteiger partial charge in [0, 0.05) is 5.56 Å². The number of aryl methyl sites for hydroxylation is 1. The summed E-state index contributed by atoms with van der Waals surface area (Å²) in [7, 11) is 0. The fourth-order valence-corrected chi connectivity index (χ4v) is 2.60. The van der Waals surface area contributed by atoms with Gasteiger partial charge in [0.15, 0.2) is 11.9 Å². The highest BCUT2D eigenvalue weighted by Gasteiger charge is 2.10. The van der Waals surface area contributed by atoms with E-state index in [0.717, 1.165) is 16.9 Å². The maximum absolute atomic E-state index is 11.1. The summed E-state index contributed by atoms with van der Waals surface area (Å²) in [5.41, 5.74) is 2.66. The molecule has 18 heavy (non-hydrogen) atoms. The quantitative estimate of drug-likeness (QED) is 0.718. The van der Waals surface area contributed by atoms with Crippen LogP contribution >= 0.6 is 11.3 Å². The van der Waals surface area contributed by atoms with Crippen molar-refractivity contribution in [3.63, 3.8) is 0 Å². The molecular weight excluding hydrogens is 252 g/mol. The number of aromatic amines is 1. The van der Waals surface area contributed by atoms with Gasteiger partial charge in [0.05, 0.1) is 16.1 Å². The number of benzene rings is 1. The molecule has 0 fully saturated rings. The Kier molecular flexibility index (Phi) is 2.38. The highest BCUT2D eigenvalue weighted by atomic mass is 32.1. The summed E-state index contributed by atoms with van der Waals surface area (Å²) < 4.78 is 4.99. The van der Waals surface area contributed by atoms with Gasteiger partial charge in [-0.05, 0) is 25.1 Å². The summed E-state index contributed by atoms with van der Waals surface area (Å²) in [6, 6.07) is 5.33. The van der Waals surface area contributed by atoms with E-state index >= 15 is 0 Å². The van der Waals surface area contributed by atoms with Gasteiger partial charge in [-0.25, -0.2) is 9.78 Å².